The maximum atomic E-state index is 12.3. The molecule has 0 aliphatic carbocycles. The van der Waals surface area contributed by atoms with Crippen molar-refractivity contribution < 1.29 is 82.0 Å². The number of aromatic carboxylic acids is 2. The number of amides is 6. The number of anilines is 6. The number of ketones is 5. The van der Waals surface area contributed by atoms with Crippen LogP contribution < -0.4 is 31.9 Å². The third-order valence-electron chi connectivity index (χ3n) is 18.8. The van der Waals surface area contributed by atoms with Crippen molar-refractivity contribution in [1.82, 2.24) is 0 Å². The number of esters is 2. The van der Waals surface area contributed by atoms with E-state index in [1.165, 1.54) is 40.2 Å². The highest BCUT2D eigenvalue weighted by Crippen LogP contribution is 2.25. The molecule has 24 nitrogen and oxygen atoms in total. The van der Waals surface area contributed by atoms with Crippen molar-refractivity contribution in [2.75, 3.05) is 53.2 Å². The van der Waals surface area contributed by atoms with E-state index >= 15 is 0 Å². The molecule has 13 aromatic carbocycles. The molecule has 0 aliphatic heterocycles. The molecule has 0 saturated carbocycles. The second-order valence-electron chi connectivity index (χ2n) is 28.1. The average Bonchev–Trinajstić information content (AvgIpc) is 0.848. The van der Waals surface area contributed by atoms with Crippen LogP contribution in [-0.4, -0.2) is 102 Å². The van der Waals surface area contributed by atoms with Crippen LogP contribution in [0.15, 0.2) is 328 Å². The number of carboxylic acids is 2. The molecule has 6 amide bonds. The van der Waals surface area contributed by atoms with Gasteiger partial charge in [-0.15, -0.1) is 0 Å². The highest BCUT2D eigenvalue weighted by atomic mass is 16.5. The van der Waals surface area contributed by atoms with Crippen molar-refractivity contribution in [3.05, 3.63) is 412 Å². The minimum Gasteiger partial charge on any atom is -0.497 e. The number of Topliss-reactive ketones (excluding diaryl/α,β-unsaturated/α-hetero) is 5. The number of carbonyl (C=O) groups is 12. The molecule has 0 bridgehead atoms. The quantitative estimate of drug-likeness (QED) is 0.0142. The first-order valence-corrected chi connectivity index (χ1v) is 39.6. The van der Waals surface area contributed by atoms with Crippen LogP contribution in [0.3, 0.4) is 0 Å². The van der Waals surface area contributed by atoms with Crippen LogP contribution in [0, 0.1) is 18.3 Å². The molecule has 0 spiro atoms. The summed E-state index contributed by atoms with van der Waals surface area (Å²) in [6, 6.07) is 95.3. The predicted molar refractivity (Wildman–Crippen MR) is 492 cm³/mol. The number of rotatable bonds is 26. The molecule has 0 unspecified atom stereocenters. The highest BCUT2D eigenvalue weighted by molar-refractivity contribution is 6.09. The Morgan fingerprint density at radius 2 is 0.701 bits per heavy atom. The van der Waals surface area contributed by atoms with Gasteiger partial charge < -0.3 is 56.3 Å². The number of hydrogen-bond donors (Lipinski definition) is 8. The van der Waals surface area contributed by atoms with E-state index in [0.717, 1.165) is 44.2 Å². The van der Waals surface area contributed by atoms with E-state index in [0.29, 0.717) is 98.8 Å². The van der Waals surface area contributed by atoms with Gasteiger partial charge in [-0.1, -0.05) is 237 Å². The summed E-state index contributed by atoms with van der Waals surface area (Å²) in [4.78, 5) is 141. The van der Waals surface area contributed by atoms with Gasteiger partial charge in [0, 0.05) is 72.3 Å². The number of benzene rings is 13. The maximum Gasteiger partial charge on any atom is 0.339 e. The number of nitriles is 1. The molecule has 13 aromatic rings. The molecule has 0 radical (unpaired) electrons. The molecule has 127 heavy (non-hydrogen) atoms. The smallest absolute Gasteiger partial charge is 0.339 e. The first-order chi connectivity index (χ1) is 61.2. The Morgan fingerprint density at radius 3 is 1.20 bits per heavy atom. The summed E-state index contributed by atoms with van der Waals surface area (Å²) in [5, 5.41) is 45.1. The third kappa shape index (κ3) is 31.3. The molecule has 13 rings (SSSR count). The van der Waals surface area contributed by atoms with Gasteiger partial charge in [0.1, 0.15) is 23.1 Å². The number of aryl methyl sites for hydroxylation is 1. The molecule has 0 fully saturated rings. The zero-order valence-electron chi connectivity index (χ0n) is 70.5. The number of carbonyl (C=O) groups excluding carboxylic acids is 10. The van der Waals surface area contributed by atoms with E-state index in [1.807, 2.05) is 165 Å². The van der Waals surface area contributed by atoms with Crippen molar-refractivity contribution >= 4 is 122 Å². The minimum absolute atomic E-state index is 0.0138. The van der Waals surface area contributed by atoms with Gasteiger partial charge in [-0.3, -0.25) is 24.0 Å². The van der Waals surface area contributed by atoms with Gasteiger partial charge in [0.05, 0.1) is 72.3 Å². The van der Waals surface area contributed by atoms with Crippen molar-refractivity contribution in [3.63, 3.8) is 0 Å². The number of urea groups is 3. The topological polar surface area (TPSA) is 369 Å². The van der Waals surface area contributed by atoms with Crippen molar-refractivity contribution in [2.45, 2.75) is 59.3 Å². The van der Waals surface area contributed by atoms with E-state index in [2.05, 4.69) is 44.5 Å². The lowest BCUT2D eigenvalue weighted by Crippen LogP contribution is -2.21. The fourth-order valence-electron chi connectivity index (χ4n) is 12.6. The standard InChI is InChI=1S/C19H16N2O3.C19H17NO2.C17H16N2O3.C17H16O3.C16H14O3.C15H14N2O3/c1-24-18(22)16-8-4-5-9-17(16)21-19(23)20-15-11-10-13-6-2-3-7-14(13)12-15;1-14(22-2)19-9-4-3-8-17(19)12-18(21)11-15-6-5-7-16(10-15)13-20;1-11(20)13-6-5-7-14(10-13)18-17(22)19-16-9-4-3-8-15(16)12(2)21;1-20-17(19)16-10-6-5-9-14(16)12-15(18)11-13-7-3-2-4-8-13;17-14(10-12-6-2-1-3-7-12)11-13-8-4-5-9-15(13)16(18)19;1-10-6-2-4-8-12(10)16-15(20)17-13-9-5-3-7-11(13)14(18)19/h2-12H,1H3,(H2,20,21,23);3-10H,1,11-12H2,2H3;3-10H,1-2H3,(H2,18,19,22);2-10H,11-12H2,1H3;1-9H,10-11H2,(H,18,19);2-9H,1H3,(H,18,19)(H2,16,17,20). The van der Waals surface area contributed by atoms with E-state index < -0.39 is 42.0 Å². The Bertz CT molecular complexity index is 6140. The highest BCUT2D eigenvalue weighted by Gasteiger charge is 2.20. The predicted octanol–water partition coefficient (Wildman–Crippen LogP) is 20.4. The van der Waals surface area contributed by atoms with Gasteiger partial charge in [0.15, 0.2) is 11.6 Å². The number of methoxy groups -OCH3 is 3. The van der Waals surface area contributed by atoms with Crippen molar-refractivity contribution in [1.29, 1.82) is 5.26 Å². The van der Waals surface area contributed by atoms with Crippen LogP contribution >= 0.6 is 0 Å². The first-order valence-electron chi connectivity index (χ1n) is 39.6. The van der Waals surface area contributed by atoms with Gasteiger partial charge in [0.25, 0.3) is 0 Å². The summed E-state index contributed by atoms with van der Waals surface area (Å²) < 4.78 is 14.6. The first kappa shape index (κ1) is 95.7. The van der Waals surface area contributed by atoms with Crippen LogP contribution in [0.4, 0.5) is 48.5 Å². The SMILES string of the molecule is C=C(OC)c1ccccc1CC(=O)Cc1cccc(C#N)c1.CC(=O)c1cccc(NC(=O)Nc2ccccc2C(C)=O)c1.COC(=O)c1ccccc1CC(=O)Cc1ccccc1.COC(=O)c1ccccc1NC(=O)Nc1ccc2ccccc2c1.Cc1ccccc1NC(=O)Nc1ccccc1C(=O)O.O=C(Cc1ccccc1)Cc1ccccc1C(=O)O. The normalized spacial score (nSPS) is 9.99. The average molecular weight is 1700 g/mol. The second kappa shape index (κ2) is 49.8. The lowest BCUT2D eigenvalue weighted by molar-refractivity contribution is -0.118. The monoisotopic (exact) mass is 1700 g/mol. The lowest BCUT2D eigenvalue weighted by atomic mass is 9.97. The maximum absolute atomic E-state index is 12.3. The number of ether oxygens (including phenoxy) is 3. The fraction of sp³-hybridized carbons (Fsp3) is 0.117. The van der Waals surface area contributed by atoms with E-state index in [1.54, 1.807) is 159 Å². The Kier molecular flexibility index (Phi) is 37.5. The Balaban J connectivity index is 0.000000189. The van der Waals surface area contributed by atoms with Crippen LogP contribution in [0.2, 0.25) is 0 Å². The van der Waals surface area contributed by atoms with Gasteiger partial charge in [-0.05, 0) is 161 Å². The van der Waals surface area contributed by atoms with Crippen LogP contribution in [-0.2, 0) is 67.1 Å². The number of nitrogens with one attached hydrogen (secondary N) is 6. The molecule has 24 heteroatoms. The zero-order valence-corrected chi connectivity index (χ0v) is 70.5. The summed E-state index contributed by atoms with van der Waals surface area (Å²) in [5.74, 6) is -2.47. The minimum atomic E-state index is -1.09. The van der Waals surface area contributed by atoms with Crippen molar-refractivity contribution in [2.24, 2.45) is 0 Å². The van der Waals surface area contributed by atoms with E-state index in [-0.39, 0.29) is 58.6 Å². The summed E-state index contributed by atoms with van der Waals surface area (Å²) in [7, 11) is 4.20. The number of nitrogens with zero attached hydrogens (tertiary/aromatic N) is 1. The molecule has 642 valence electrons. The molecular weight excluding hydrogens is 1610 g/mol. The largest absolute Gasteiger partial charge is 0.497 e. The number of carboxylic acid groups (broad SMARTS) is 2. The Hall–Kier alpha value is -16.8. The molecular formula is C103H93N7O17. The summed E-state index contributed by atoms with van der Waals surface area (Å²) in [6.07, 6.45) is 1.71. The van der Waals surface area contributed by atoms with Gasteiger partial charge in [0.2, 0.25) is 0 Å². The number of fused-ring (bicyclic) bond motifs is 1. The van der Waals surface area contributed by atoms with Gasteiger partial charge in [-0.25, -0.2) is 33.6 Å². The van der Waals surface area contributed by atoms with Crippen LogP contribution in [0.5, 0.6) is 0 Å². The van der Waals surface area contributed by atoms with E-state index in [4.69, 9.17) is 29.7 Å². The Morgan fingerprint density at radius 1 is 0.323 bits per heavy atom. The molecule has 0 aliphatic rings. The van der Waals surface area contributed by atoms with Gasteiger partial charge in [-0.2, -0.15) is 5.26 Å². The lowest BCUT2D eigenvalue weighted by Gasteiger charge is -2.11. The van der Waals surface area contributed by atoms with E-state index in [9.17, 15) is 57.5 Å². The molecule has 0 atom stereocenters. The molecule has 0 heterocycles. The molecule has 8 N–H and O–H groups in total. The fourth-order valence-corrected chi connectivity index (χ4v) is 12.6. The summed E-state index contributed by atoms with van der Waals surface area (Å²) >= 11 is 0. The van der Waals surface area contributed by atoms with Crippen molar-refractivity contribution in [3.8, 4) is 6.07 Å². The summed E-state index contributed by atoms with van der Waals surface area (Å²) in [6.45, 7) is 8.62. The molecule has 0 aromatic heterocycles. The summed E-state index contributed by atoms with van der Waals surface area (Å²) in [5.41, 5.74) is 12.2. The number of para-hydroxylation sites is 4. The third-order valence-corrected chi connectivity index (χ3v) is 18.8. The number of hydrogen-bond acceptors (Lipinski definition) is 16. The van der Waals surface area contributed by atoms with Gasteiger partial charge >= 0.3 is 42.0 Å². The molecule has 0 saturated heterocycles. The van der Waals surface area contributed by atoms with Crippen LogP contribution in [0.25, 0.3) is 16.5 Å². The Labute approximate surface area is 734 Å². The van der Waals surface area contributed by atoms with Crippen LogP contribution in [0.1, 0.15) is 126 Å². The zero-order chi connectivity index (χ0) is 91.6. The second-order valence-corrected chi connectivity index (χ2v) is 28.1.